The summed E-state index contributed by atoms with van der Waals surface area (Å²) < 4.78 is 39.4. The van der Waals surface area contributed by atoms with Crippen molar-refractivity contribution in [1.82, 2.24) is 9.03 Å². The molecule has 1 aliphatic rings. The lowest BCUT2D eigenvalue weighted by molar-refractivity contribution is -0.0444. The van der Waals surface area contributed by atoms with Gasteiger partial charge in [-0.2, -0.15) is 17.4 Å². The summed E-state index contributed by atoms with van der Waals surface area (Å²) in [6, 6.07) is 6.92. The van der Waals surface area contributed by atoms with Crippen LogP contribution in [0.5, 0.6) is 5.75 Å². The Labute approximate surface area is 136 Å². The summed E-state index contributed by atoms with van der Waals surface area (Å²) in [5.74, 6) is 0.650. The van der Waals surface area contributed by atoms with Crippen molar-refractivity contribution in [3.8, 4) is 5.75 Å². The molecule has 8 heteroatoms. The lowest BCUT2D eigenvalue weighted by Crippen LogP contribution is -2.52. The zero-order chi connectivity index (χ0) is 16.2. The lowest BCUT2D eigenvalue weighted by atomic mass is 10.3. The van der Waals surface area contributed by atoms with Crippen LogP contribution in [-0.2, 0) is 14.9 Å². The second-order valence-electron chi connectivity index (χ2n) is 5.28. The molecule has 22 heavy (non-hydrogen) atoms. The van der Waals surface area contributed by atoms with Gasteiger partial charge in [0.05, 0.1) is 12.2 Å². The number of ether oxygens (including phenoxy) is 2. The third kappa shape index (κ3) is 5.10. The fourth-order valence-electron chi connectivity index (χ4n) is 2.29. The quantitative estimate of drug-likeness (QED) is 0.794. The number of hydrogen-bond acceptors (Lipinski definition) is 4. The Morgan fingerprint density at radius 2 is 1.86 bits per heavy atom. The van der Waals surface area contributed by atoms with Crippen LogP contribution in [0, 0.1) is 0 Å². The van der Waals surface area contributed by atoms with Gasteiger partial charge in [0.25, 0.3) is 10.2 Å². The molecular weight excluding hydrogens is 328 g/mol. The first-order chi connectivity index (χ1) is 10.4. The van der Waals surface area contributed by atoms with Crippen LogP contribution in [0.15, 0.2) is 24.3 Å². The van der Waals surface area contributed by atoms with Crippen LogP contribution in [0.4, 0.5) is 0 Å². The number of hydrogen-bond donors (Lipinski definition) is 1. The van der Waals surface area contributed by atoms with Crippen molar-refractivity contribution >= 4 is 21.8 Å². The van der Waals surface area contributed by atoms with E-state index in [9.17, 15) is 8.42 Å². The smallest absolute Gasteiger partial charge is 0.279 e. The summed E-state index contributed by atoms with van der Waals surface area (Å²) in [5.41, 5.74) is 0. The summed E-state index contributed by atoms with van der Waals surface area (Å²) >= 11 is 5.78. The Morgan fingerprint density at radius 3 is 2.45 bits per heavy atom. The zero-order valence-corrected chi connectivity index (χ0v) is 14.2. The van der Waals surface area contributed by atoms with Gasteiger partial charge >= 0.3 is 0 Å². The van der Waals surface area contributed by atoms with Crippen molar-refractivity contribution in [2.24, 2.45) is 0 Å². The van der Waals surface area contributed by atoms with Gasteiger partial charge in [0.15, 0.2) is 0 Å². The molecule has 0 unspecified atom stereocenters. The molecule has 0 aliphatic carbocycles. The highest BCUT2D eigenvalue weighted by molar-refractivity contribution is 7.87. The van der Waals surface area contributed by atoms with Crippen molar-refractivity contribution in [3.05, 3.63) is 29.3 Å². The molecule has 1 fully saturated rings. The normalized spacial score (nSPS) is 23.4. The van der Waals surface area contributed by atoms with Crippen LogP contribution in [0.25, 0.3) is 0 Å². The molecule has 0 radical (unpaired) electrons. The number of morpholine rings is 1. The molecule has 1 aliphatic heterocycles. The molecule has 1 saturated heterocycles. The monoisotopic (exact) mass is 348 g/mol. The van der Waals surface area contributed by atoms with E-state index in [1.54, 1.807) is 24.3 Å². The third-order valence-electron chi connectivity index (χ3n) is 3.19. The van der Waals surface area contributed by atoms with Gasteiger partial charge in [-0.15, -0.1) is 0 Å². The van der Waals surface area contributed by atoms with Gasteiger partial charge in [-0.3, -0.25) is 0 Å². The Balaban J connectivity index is 1.78. The molecule has 0 spiro atoms. The lowest BCUT2D eigenvalue weighted by Gasteiger charge is -2.34. The maximum Gasteiger partial charge on any atom is 0.279 e. The number of halogens is 1. The second kappa shape index (κ2) is 7.61. The molecule has 2 atom stereocenters. The van der Waals surface area contributed by atoms with Crippen LogP contribution in [-0.4, -0.2) is 51.2 Å². The first-order valence-corrected chi connectivity index (χ1v) is 8.97. The molecule has 0 bridgehead atoms. The van der Waals surface area contributed by atoms with Crippen LogP contribution in [0.1, 0.15) is 13.8 Å². The van der Waals surface area contributed by atoms with E-state index in [1.807, 2.05) is 13.8 Å². The van der Waals surface area contributed by atoms with Crippen molar-refractivity contribution in [3.63, 3.8) is 0 Å². The van der Waals surface area contributed by atoms with Gasteiger partial charge in [0.1, 0.15) is 12.4 Å². The van der Waals surface area contributed by atoms with Gasteiger partial charge < -0.3 is 9.47 Å². The summed E-state index contributed by atoms with van der Waals surface area (Å²) in [6.45, 7) is 4.89. The predicted octanol–water partition coefficient (Wildman–Crippen LogP) is 1.66. The summed E-state index contributed by atoms with van der Waals surface area (Å²) in [5, 5.41) is 0.628. The fourth-order valence-corrected chi connectivity index (χ4v) is 3.75. The SMILES string of the molecule is C[C@H]1CN(S(=O)(=O)NCCOc2ccc(Cl)cc2)C[C@H](C)O1. The predicted molar refractivity (Wildman–Crippen MR) is 85.5 cm³/mol. The zero-order valence-electron chi connectivity index (χ0n) is 12.7. The highest BCUT2D eigenvalue weighted by atomic mass is 35.5. The van der Waals surface area contributed by atoms with E-state index >= 15 is 0 Å². The van der Waals surface area contributed by atoms with Gasteiger partial charge in [-0.1, -0.05) is 11.6 Å². The number of rotatable bonds is 6. The van der Waals surface area contributed by atoms with Crippen LogP contribution in [0.3, 0.4) is 0 Å². The number of nitrogens with one attached hydrogen (secondary N) is 1. The molecule has 0 aromatic heterocycles. The van der Waals surface area contributed by atoms with Crippen LogP contribution in [0.2, 0.25) is 5.02 Å². The van der Waals surface area contributed by atoms with E-state index in [2.05, 4.69) is 4.72 Å². The Bertz CT molecular complexity index is 569. The van der Waals surface area contributed by atoms with E-state index in [1.165, 1.54) is 4.31 Å². The average molecular weight is 349 g/mol. The van der Waals surface area contributed by atoms with Crippen molar-refractivity contribution < 1.29 is 17.9 Å². The minimum atomic E-state index is -3.51. The minimum absolute atomic E-state index is 0.106. The second-order valence-corrected chi connectivity index (χ2v) is 7.47. The Hall–Kier alpha value is -0.860. The molecule has 1 N–H and O–H groups in total. The van der Waals surface area contributed by atoms with Gasteiger partial charge in [-0.05, 0) is 38.1 Å². The molecule has 1 heterocycles. The summed E-state index contributed by atoms with van der Waals surface area (Å²) in [6.07, 6.45) is -0.212. The maximum absolute atomic E-state index is 12.2. The molecule has 1 aromatic rings. The largest absolute Gasteiger partial charge is 0.492 e. The van der Waals surface area contributed by atoms with Crippen molar-refractivity contribution in [1.29, 1.82) is 0 Å². The molecular formula is C14H21ClN2O4S. The molecule has 6 nitrogen and oxygen atoms in total. The molecule has 1 aromatic carbocycles. The van der Waals surface area contributed by atoms with Gasteiger partial charge in [0, 0.05) is 24.7 Å². The summed E-state index contributed by atoms with van der Waals surface area (Å²) in [7, 11) is -3.51. The topological polar surface area (TPSA) is 67.9 Å². The minimum Gasteiger partial charge on any atom is -0.492 e. The van der Waals surface area contributed by atoms with E-state index in [0.29, 0.717) is 23.9 Å². The Morgan fingerprint density at radius 1 is 1.27 bits per heavy atom. The third-order valence-corrected chi connectivity index (χ3v) is 4.99. The van der Waals surface area contributed by atoms with Gasteiger partial charge in [-0.25, -0.2) is 0 Å². The van der Waals surface area contributed by atoms with Gasteiger partial charge in [0.2, 0.25) is 0 Å². The first kappa shape index (κ1) is 17.5. The van der Waals surface area contributed by atoms with Crippen molar-refractivity contribution in [2.75, 3.05) is 26.2 Å². The molecule has 0 saturated carbocycles. The molecule has 0 amide bonds. The number of benzene rings is 1. The molecule has 2 rings (SSSR count). The summed E-state index contributed by atoms with van der Waals surface area (Å²) in [4.78, 5) is 0. The highest BCUT2D eigenvalue weighted by Gasteiger charge is 2.30. The first-order valence-electron chi connectivity index (χ1n) is 7.15. The van der Waals surface area contributed by atoms with Crippen molar-refractivity contribution in [2.45, 2.75) is 26.1 Å². The highest BCUT2D eigenvalue weighted by Crippen LogP contribution is 2.15. The van der Waals surface area contributed by atoms with E-state index in [-0.39, 0.29) is 25.4 Å². The van der Waals surface area contributed by atoms with E-state index in [4.69, 9.17) is 21.1 Å². The van der Waals surface area contributed by atoms with E-state index in [0.717, 1.165) is 0 Å². The molecule has 124 valence electrons. The Kier molecular flexibility index (Phi) is 6.05. The van der Waals surface area contributed by atoms with Crippen LogP contribution >= 0.6 is 11.6 Å². The maximum atomic E-state index is 12.2. The average Bonchev–Trinajstić information content (AvgIpc) is 2.44. The standard InChI is InChI=1S/C14H21ClN2O4S/c1-11-9-17(10-12(2)21-11)22(18,19)16-7-8-20-14-5-3-13(15)4-6-14/h3-6,11-12,16H,7-10H2,1-2H3/t11-,12-/m0/s1. The van der Waals surface area contributed by atoms with E-state index < -0.39 is 10.2 Å². The van der Waals surface area contributed by atoms with Crippen LogP contribution < -0.4 is 9.46 Å². The number of nitrogens with zero attached hydrogens (tertiary/aromatic N) is 1. The fraction of sp³-hybridized carbons (Fsp3) is 0.571.